The Morgan fingerprint density at radius 2 is 2.00 bits per heavy atom. The van der Waals surface area contributed by atoms with Gasteiger partial charge in [-0.3, -0.25) is 4.79 Å². The van der Waals surface area contributed by atoms with Crippen molar-refractivity contribution in [2.24, 2.45) is 0 Å². The number of hydrogen-bond acceptors (Lipinski definition) is 3. The van der Waals surface area contributed by atoms with E-state index in [1.807, 2.05) is 0 Å². The van der Waals surface area contributed by atoms with Gasteiger partial charge in [0.1, 0.15) is 5.82 Å². The minimum atomic E-state index is -0.921. The van der Waals surface area contributed by atoms with E-state index < -0.39 is 12.0 Å². The van der Waals surface area contributed by atoms with Crippen LogP contribution in [-0.4, -0.2) is 17.6 Å². The van der Waals surface area contributed by atoms with E-state index in [0.717, 1.165) is 0 Å². The van der Waals surface area contributed by atoms with Crippen LogP contribution in [0.15, 0.2) is 40.8 Å². The van der Waals surface area contributed by atoms with Crippen LogP contribution in [0.1, 0.15) is 22.2 Å². The summed E-state index contributed by atoms with van der Waals surface area (Å²) >= 11 is 5.55. The van der Waals surface area contributed by atoms with Gasteiger partial charge in [0, 0.05) is 6.54 Å². The van der Waals surface area contributed by atoms with Crippen molar-refractivity contribution in [1.29, 1.82) is 0 Å². The molecule has 1 unspecified atom stereocenters. The molecule has 0 saturated carbocycles. The second-order valence-electron chi connectivity index (χ2n) is 3.88. The SMILES string of the molecule is O=C(NCC(O)c1ccc(F)cc1)c1ccc(Cl)o1. The maximum absolute atomic E-state index is 12.7. The summed E-state index contributed by atoms with van der Waals surface area (Å²) in [5.41, 5.74) is 0.513. The largest absolute Gasteiger partial charge is 0.440 e. The molecule has 4 nitrogen and oxygen atoms in total. The van der Waals surface area contributed by atoms with Gasteiger partial charge in [-0.15, -0.1) is 0 Å². The van der Waals surface area contributed by atoms with Gasteiger partial charge in [-0.05, 0) is 41.4 Å². The molecule has 0 fully saturated rings. The van der Waals surface area contributed by atoms with Gasteiger partial charge in [0.05, 0.1) is 6.10 Å². The fourth-order valence-electron chi connectivity index (χ4n) is 1.52. The van der Waals surface area contributed by atoms with E-state index in [1.165, 1.54) is 36.4 Å². The molecule has 6 heteroatoms. The number of benzene rings is 1. The fourth-order valence-corrected chi connectivity index (χ4v) is 1.66. The van der Waals surface area contributed by atoms with Gasteiger partial charge in [-0.1, -0.05) is 12.1 Å². The summed E-state index contributed by atoms with van der Waals surface area (Å²) in [6, 6.07) is 8.28. The Balaban J connectivity index is 1.91. The molecule has 1 amide bonds. The predicted octanol–water partition coefficient (Wildman–Crippen LogP) is 2.54. The predicted molar refractivity (Wildman–Crippen MR) is 67.4 cm³/mol. The van der Waals surface area contributed by atoms with Gasteiger partial charge in [-0.25, -0.2) is 4.39 Å². The lowest BCUT2D eigenvalue weighted by molar-refractivity contribution is 0.0889. The van der Waals surface area contributed by atoms with Gasteiger partial charge < -0.3 is 14.8 Å². The van der Waals surface area contributed by atoms with Crippen LogP contribution in [-0.2, 0) is 0 Å². The van der Waals surface area contributed by atoms with Crippen LogP contribution in [0.4, 0.5) is 4.39 Å². The van der Waals surface area contributed by atoms with Crippen molar-refractivity contribution in [3.05, 3.63) is 58.8 Å². The molecule has 1 aromatic carbocycles. The van der Waals surface area contributed by atoms with Gasteiger partial charge in [0.15, 0.2) is 11.0 Å². The van der Waals surface area contributed by atoms with E-state index in [2.05, 4.69) is 5.32 Å². The number of rotatable bonds is 4. The number of amides is 1. The summed E-state index contributed by atoms with van der Waals surface area (Å²) in [5, 5.41) is 12.4. The van der Waals surface area contributed by atoms with Crippen LogP contribution >= 0.6 is 11.6 Å². The van der Waals surface area contributed by atoms with Crippen LogP contribution in [0.5, 0.6) is 0 Å². The molecule has 0 aliphatic carbocycles. The van der Waals surface area contributed by atoms with Crippen molar-refractivity contribution in [2.75, 3.05) is 6.54 Å². The first-order valence-corrected chi connectivity index (χ1v) is 5.91. The Morgan fingerprint density at radius 1 is 1.32 bits per heavy atom. The molecule has 1 atom stereocenters. The zero-order valence-electron chi connectivity index (χ0n) is 9.77. The Kier molecular flexibility index (Phi) is 4.19. The number of carbonyl (C=O) groups excluding carboxylic acids is 1. The number of hydrogen-bond donors (Lipinski definition) is 2. The summed E-state index contributed by atoms with van der Waals surface area (Å²) < 4.78 is 17.6. The Hall–Kier alpha value is -1.85. The fraction of sp³-hybridized carbons (Fsp3) is 0.154. The lowest BCUT2D eigenvalue weighted by Gasteiger charge is -2.11. The lowest BCUT2D eigenvalue weighted by Crippen LogP contribution is -2.28. The zero-order valence-corrected chi connectivity index (χ0v) is 10.5. The van der Waals surface area contributed by atoms with E-state index in [-0.39, 0.29) is 23.3 Å². The highest BCUT2D eigenvalue weighted by atomic mass is 35.5. The van der Waals surface area contributed by atoms with Crippen molar-refractivity contribution >= 4 is 17.5 Å². The van der Waals surface area contributed by atoms with Crippen LogP contribution < -0.4 is 5.32 Å². The number of carbonyl (C=O) groups is 1. The number of furan rings is 1. The minimum Gasteiger partial charge on any atom is -0.440 e. The highest BCUT2D eigenvalue weighted by Gasteiger charge is 2.13. The van der Waals surface area contributed by atoms with Crippen molar-refractivity contribution in [3.63, 3.8) is 0 Å². The normalized spacial score (nSPS) is 12.2. The highest BCUT2D eigenvalue weighted by molar-refractivity contribution is 6.29. The van der Waals surface area contributed by atoms with E-state index >= 15 is 0 Å². The van der Waals surface area contributed by atoms with Gasteiger partial charge in [-0.2, -0.15) is 0 Å². The molecule has 1 heterocycles. The van der Waals surface area contributed by atoms with Crippen LogP contribution in [0.25, 0.3) is 0 Å². The maximum atomic E-state index is 12.7. The second kappa shape index (κ2) is 5.86. The number of nitrogens with one attached hydrogen (secondary N) is 1. The molecule has 0 spiro atoms. The molecular weight excluding hydrogens is 273 g/mol. The summed E-state index contributed by atoms with van der Waals surface area (Å²) in [4.78, 5) is 11.6. The van der Waals surface area contributed by atoms with E-state index in [9.17, 15) is 14.3 Å². The molecule has 1 aromatic heterocycles. The van der Waals surface area contributed by atoms with Gasteiger partial charge >= 0.3 is 0 Å². The summed E-state index contributed by atoms with van der Waals surface area (Å²) in [6.45, 7) is -0.0111. The topological polar surface area (TPSA) is 62.5 Å². The molecule has 2 aromatic rings. The molecule has 100 valence electrons. The zero-order chi connectivity index (χ0) is 13.8. The molecule has 0 saturated heterocycles. The number of aliphatic hydroxyl groups excluding tert-OH is 1. The quantitative estimate of drug-likeness (QED) is 0.906. The molecular formula is C13H11ClFNO3. The third-order valence-corrected chi connectivity index (χ3v) is 2.71. The number of aliphatic hydroxyl groups is 1. The third-order valence-electron chi connectivity index (χ3n) is 2.51. The molecule has 2 N–H and O–H groups in total. The van der Waals surface area contributed by atoms with Gasteiger partial charge in [0.25, 0.3) is 5.91 Å². The van der Waals surface area contributed by atoms with Crippen molar-refractivity contribution in [1.82, 2.24) is 5.32 Å². The van der Waals surface area contributed by atoms with Crippen LogP contribution in [0.2, 0.25) is 5.22 Å². The molecule has 0 aliphatic heterocycles. The van der Waals surface area contributed by atoms with Crippen LogP contribution in [0, 0.1) is 5.82 Å². The highest BCUT2D eigenvalue weighted by Crippen LogP contribution is 2.14. The van der Waals surface area contributed by atoms with Crippen molar-refractivity contribution < 1.29 is 18.7 Å². The molecule has 0 aliphatic rings. The standard InChI is InChI=1S/C13H11ClFNO3/c14-12-6-5-11(19-12)13(18)16-7-10(17)8-1-3-9(15)4-2-8/h1-6,10,17H,7H2,(H,16,18). The van der Waals surface area contributed by atoms with Crippen molar-refractivity contribution in [2.45, 2.75) is 6.10 Å². The Morgan fingerprint density at radius 3 is 2.58 bits per heavy atom. The monoisotopic (exact) mass is 283 g/mol. The number of halogens is 2. The molecule has 0 bridgehead atoms. The van der Waals surface area contributed by atoms with Gasteiger partial charge in [0.2, 0.25) is 0 Å². The van der Waals surface area contributed by atoms with Crippen LogP contribution in [0.3, 0.4) is 0 Å². The summed E-state index contributed by atoms with van der Waals surface area (Å²) in [6.07, 6.45) is -0.921. The van der Waals surface area contributed by atoms with E-state index in [0.29, 0.717) is 5.56 Å². The van der Waals surface area contributed by atoms with E-state index in [4.69, 9.17) is 16.0 Å². The first-order chi connectivity index (χ1) is 9.06. The van der Waals surface area contributed by atoms with E-state index in [1.54, 1.807) is 0 Å². The minimum absolute atomic E-state index is 0.0111. The molecule has 0 radical (unpaired) electrons. The van der Waals surface area contributed by atoms with Crippen molar-refractivity contribution in [3.8, 4) is 0 Å². The average molecular weight is 284 g/mol. The summed E-state index contributed by atoms with van der Waals surface area (Å²) in [7, 11) is 0. The maximum Gasteiger partial charge on any atom is 0.287 e. The molecule has 19 heavy (non-hydrogen) atoms. The first-order valence-electron chi connectivity index (χ1n) is 5.53. The average Bonchev–Trinajstić information content (AvgIpc) is 2.83. The third kappa shape index (κ3) is 3.56. The second-order valence-corrected chi connectivity index (χ2v) is 4.25. The smallest absolute Gasteiger partial charge is 0.287 e. The Bertz CT molecular complexity index is 568. The Labute approximate surface area is 113 Å². The molecule has 2 rings (SSSR count). The first kappa shape index (κ1) is 13.6. The summed E-state index contributed by atoms with van der Waals surface area (Å²) in [5.74, 6) is -0.797. The lowest BCUT2D eigenvalue weighted by atomic mass is 10.1.